The molecule has 1 aliphatic heterocycles. The van der Waals surface area contributed by atoms with Gasteiger partial charge in [0, 0.05) is 9.79 Å². The van der Waals surface area contributed by atoms with E-state index in [-0.39, 0.29) is 36.0 Å². The van der Waals surface area contributed by atoms with Gasteiger partial charge in [-0.25, -0.2) is 18.3 Å². The van der Waals surface area contributed by atoms with Crippen molar-refractivity contribution in [2.75, 3.05) is 13.1 Å². The van der Waals surface area contributed by atoms with Crippen molar-refractivity contribution in [1.29, 1.82) is 0 Å². The first kappa shape index (κ1) is 22.6. The number of nitrogens with one attached hydrogen (secondary N) is 2. The summed E-state index contributed by atoms with van der Waals surface area (Å²) >= 11 is 1.18. The molecule has 28 heavy (non-hydrogen) atoms. The van der Waals surface area contributed by atoms with E-state index in [0.717, 1.165) is 0 Å². The van der Waals surface area contributed by atoms with Gasteiger partial charge in [0.15, 0.2) is 14.6 Å². The molecule has 0 aromatic heterocycles. The number of hydrogen-bond acceptors (Lipinski definition) is 6. The minimum Gasteiger partial charge on any atom is -0.317 e. The molecule has 2 aromatic carbocycles. The number of halogens is 2. The first-order valence-corrected chi connectivity index (χ1v) is 10.6. The molecule has 152 valence electrons. The number of carbonyl (C=O) groups excluding carboxylic acids is 1. The molecular weight excluding hydrogens is 427 g/mol. The summed E-state index contributed by atoms with van der Waals surface area (Å²) in [6.07, 6.45) is 0.126. The number of hydroxylamine groups is 1. The molecule has 0 bridgehead atoms. The van der Waals surface area contributed by atoms with Crippen LogP contribution in [-0.4, -0.2) is 37.4 Å². The third kappa shape index (κ3) is 4.18. The molecule has 0 aliphatic carbocycles. The largest absolute Gasteiger partial charge is 0.317 e. The van der Waals surface area contributed by atoms with Gasteiger partial charge in [-0.2, -0.15) is 0 Å². The van der Waals surface area contributed by atoms with Crippen molar-refractivity contribution in [1.82, 2.24) is 10.8 Å². The van der Waals surface area contributed by atoms with Crippen LogP contribution in [0.1, 0.15) is 12.8 Å². The second-order valence-electron chi connectivity index (χ2n) is 6.19. The maximum absolute atomic E-state index is 13.8. The molecule has 0 atom stereocenters. The van der Waals surface area contributed by atoms with E-state index in [1.54, 1.807) is 30.3 Å². The maximum atomic E-state index is 13.8. The number of benzene rings is 2. The van der Waals surface area contributed by atoms with E-state index in [0.29, 0.717) is 22.9 Å². The van der Waals surface area contributed by atoms with Gasteiger partial charge in [-0.1, -0.05) is 23.9 Å². The zero-order valence-electron chi connectivity index (χ0n) is 14.7. The van der Waals surface area contributed by atoms with Gasteiger partial charge < -0.3 is 5.32 Å². The minimum absolute atomic E-state index is 0. The van der Waals surface area contributed by atoms with Gasteiger partial charge in [-0.3, -0.25) is 10.0 Å². The van der Waals surface area contributed by atoms with Crippen LogP contribution in [-0.2, 0) is 14.6 Å². The van der Waals surface area contributed by atoms with Crippen LogP contribution in [0.5, 0.6) is 0 Å². The Bertz CT molecular complexity index is 933. The Morgan fingerprint density at radius 2 is 1.71 bits per heavy atom. The predicted molar refractivity (Wildman–Crippen MR) is 106 cm³/mol. The van der Waals surface area contributed by atoms with Crippen molar-refractivity contribution in [3.8, 4) is 0 Å². The molecule has 1 amide bonds. The first-order valence-electron chi connectivity index (χ1n) is 8.33. The van der Waals surface area contributed by atoms with Gasteiger partial charge in [0.05, 0.1) is 4.90 Å². The fourth-order valence-electron chi connectivity index (χ4n) is 3.12. The fourth-order valence-corrected chi connectivity index (χ4v) is 5.93. The Labute approximate surface area is 173 Å². The van der Waals surface area contributed by atoms with Gasteiger partial charge >= 0.3 is 0 Å². The number of carbonyl (C=O) groups is 1. The smallest absolute Gasteiger partial charge is 0.265 e. The number of amides is 1. The third-order valence-corrected chi connectivity index (χ3v) is 8.21. The average molecular weight is 447 g/mol. The molecule has 3 rings (SSSR count). The normalized spacial score (nSPS) is 16.1. The molecule has 0 saturated carbocycles. The lowest BCUT2D eigenvalue weighted by atomic mass is 9.96. The van der Waals surface area contributed by atoms with E-state index in [1.807, 2.05) is 0 Å². The van der Waals surface area contributed by atoms with Crippen LogP contribution in [0.3, 0.4) is 0 Å². The van der Waals surface area contributed by atoms with Crippen molar-refractivity contribution < 1.29 is 22.8 Å². The fraction of sp³-hybridized carbons (Fsp3) is 0.278. The Morgan fingerprint density at radius 1 is 1.11 bits per heavy atom. The highest BCUT2D eigenvalue weighted by Gasteiger charge is 2.51. The van der Waals surface area contributed by atoms with Crippen molar-refractivity contribution in [3.63, 3.8) is 0 Å². The second-order valence-corrected chi connectivity index (χ2v) is 9.57. The van der Waals surface area contributed by atoms with Gasteiger partial charge in [0.25, 0.3) is 5.91 Å². The van der Waals surface area contributed by atoms with Crippen LogP contribution in [0.15, 0.2) is 63.2 Å². The van der Waals surface area contributed by atoms with Crippen LogP contribution < -0.4 is 10.8 Å². The Hall–Kier alpha value is -1.65. The second kappa shape index (κ2) is 9.23. The molecule has 0 spiro atoms. The Balaban J connectivity index is 0.00000280. The Kier molecular flexibility index (Phi) is 7.46. The van der Waals surface area contributed by atoms with Gasteiger partial charge in [-0.05, 0) is 62.3 Å². The molecule has 6 nitrogen and oxygen atoms in total. The van der Waals surface area contributed by atoms with Gasteiger partial charge in [0.2, 0.25) is 0 Å². The van der Waals surface area contributed by atoms with E-state index in [4.69, 9.17) is 5.21 Å². The molecule has 2 aromatic rings. The van der Waals surface area contributed by atoms with Crippen LogP contribution in [0.25, 0.3) is 0 Å². The zero-order valence-corrected chi connectivity index (χ0v) is 17.2. The lowest BCUT2D eigenvalue weighted by Gasteiger charge is -2.34. The van der Waals surface area contributed by atoms with Crippen LogP contribution >= 0.6 is 24.2 Å². The minimum atomic E-state index is -4.03. The summed E-state index contributed by atoms with van der Waals surface area (Å²) in [6.45, 7) is 0.710. The summed E-state index contributed by atoms with van der Waals surface area (Å²) in [5, 5.41) is 12.1. The number of rotatable bonds is 5. The number of sulfone groups is 1. The molecule has 1 fully saturated rings. The molecule has 1 aliphatic rings. The standard InChI is InChI=1S/C18H19FN2O4S2.ClH/c19-15-3-1-2-4-16(15)26-13-5-7-14(8-6-13)27(24,25)18(17(22)21-23)9-11-20-12-10-18;/h1-8,20,23H,9-12H2,(H,21,22);1H. The number of hydrogen-bond donors (Lipinski definition) is 3. The van der Waals surface area contributed by atoms with E-state index < -0.39 is 20.5 Å². The summed E-state index contributed by atoms with van der Waals surface area (Å²) < 4.78 is 38.4. The van der Waals surface area contributed by atoms with E-state index in [9.17, 15) is 17.6 Å². The molecule has 3 N–H and O–H groups in total. The highest BCUT2D eigenvalue weighted by molar-refractivity contribution is 7.99. The first-order chi connectivity index (χ1) is 12.9. The van der Waals surface area contributed by atoms with E-state index in [1.165, 1.54) is 35.4 Å². The monoisotopic (exact) mass is 446 g/mol. The summed E-state index contributed by atoms with van der Waals surface area (Å²) in [4.78, 5) is 13.3. The lowest BCUT2D eigenvalue weighted by Crippen LogP contribution is -2.57. The van der Waals surface area contributed by atoms with Crippen molar-refractivity contribution in [3.05, 3.63) is 54.3 Å². The van der Waals surface area contributed by atoms with E-state index in [2.05, 4.69) is 5.32 Å². The zero-order chi connectivity index (χ0) is 19.5. The van der Waals surface area contributed by atoms with Gasteiger partial charge in [0.1, 0.15) is 5.82 Å². The van der Waals surface area contributed by atoms with Crippen LogP contribution in [0.4, 0.5) is 4.39 Å². The number of piperidine rings is 1. The maximum Gasteiger partial charge on any atom is 0.265 e. The Morgan fingerprint density at radius 3 is 2.29 bits per heavy atom. The highest BCUT2D eigenvalue weighted by Crippen LogP contribution is 2.36. The quantitative estimate of drug-likeness (QED) is 0.483. The molecule has 10 heteroatoms. The average Bonchev–Trinajstić information content (AvgIpc) is 2.70. The predicted octanol–water partition coefficient (Wildman–Crippen LogP) is 2.80. The van der Waals surface area contributed by atoms with Gasteiger partial charge in [-0.15, -0.1) is 12.4 Å². The van der Waals surface area contributed by atoms with Crippen molar-refractivity contribution in [2.45, 2.75) is 32.3 Å². The topological polar surface area (TPSA) is 95.5 Å². The lowest BCUT2D eigenvalue weighted by molar-refractivity contribution is -0.132. The summed E-state index contributed by atoms with van der Waals surface area (Å²) in [5.41, 5.74) is 1.51. The van der Waals surface area contributed by atoms with Crippen LogP contribution in [0.2, 0.25) is 0 Å². The summed E-state index contributed by atoms with van der Waals surface area (Å²) in [6, 6.07) is 12.3. The molecule has 1 heterocycles. The SMILES string of the molecule is Cl.O=C(NO)C1(S(=O)(=O)c2ccc(Sc3ccccc3F)cc2)CCNCC1. The molecule has 0 radical (unpaired) electrons. The van der Waals surface area contributed by atoms with Crippen LogP contribution in [0, 0.1) is 5.82 Å². The molecular formula is C18H20ClFN2O4S2. The van der Waals surface area contributed by atoms with Crippen molar-refractivity contribution >= 4 is 39.9 Å². The summed E-state index contributed by atoms with van der Waals surface area (Å²) in [7, 11) is -4.03. The summed E-state index contributed by atoms with van der Waals surface area (Å²) in [5.74, 6) is -1.28. The van der Waals surface area contributed by atoms with Crippen molar-refractivity contribution in [2.24, 2.45) is 0 Å². The van der Waals surface area contributed by atoms with E-state index >= 15 is 0 Å². The third-order valence-electron chi connectivity index (χ3n) is 4.64. The molecule has 0 unspecified atom stereocenters. The molecule has 1 saturated heterocycles. The highest BCUT2D eigenvalue weighted by atomic mass is 35.5.